The number of amidine groups is 1. The summed E-state index contributed by atoms with van der Waals surface area (Å²) in [4.78, 5) is 0. The maximum atomic E-state index is 13.1. The van der Waals surface area contributed by atoms with Gasteiger partial charge in [0.25, 0.3) is 0 Å². The van der Waals surface area contributed by atoms with E-state index in [1.54, 1.807) is 12.1 Å². The largest absolute Gasteiger partial charge is 0.456 e. The van der Waals surface area contributed by atoms with Crippen LogP contribution in [0.5, 0.6) is 11.5 Å². The molecular weight excluding hydrogens is 334 g/mol. The lowest BCUT2D eigenvalue weighted by atomic mass is 10.2. The zero-order valence-corrected chi connectivity index (χ0v) is 11.6. The van der Waals surface area contributed by atoms with E-state index in [2.05, 4.69) is 21.1 Å². The van der Waals surface area contributed by atoms with Crippen LogP contribution in [-0.4, -0.2) is 11.0 Å². The van der Waals surface area contributed by atoms with Crippen LogP contribution >= 0.6 is 15.9 Å². The number of rotatable bonds is 3. The Morgan fingerprint density at radius 1 is 1.20 bits per heavy atom. The number of nitrogens with zero attached hydrogens (tertiary/aromatic N) is 1. The van der Waals surface area contributed by atoms with Crippen LogP contribution in [-0.2, 0) is 0 Å². The van der Waals surface area contributed by atoms with Crippen molar-refractivity contribution in [3.8, 4) is 11.5 Å². The Bertz CT molecular complexity index is 657. The lowest BCUT2D eigenvalue weighted by Gasteiger charge is -2.12. The number of nitrogens with two attached hydrogens (primary N) is 1. The number of halogens is 3. The van der Waals surface area contributed by atoms with Crippen molar-refractivity contribution in [2.75, 3.05) is 0 Å². The van der Waals surface area contributed by atoms with Crippen molar-refractivity contribution in [2.24, 2.45) is 10.9 Å². The quantitative estimate of drug-likeness (QED) is 0.387. The Kier molecular flexibility index (Phi) is 4.19. The minimum absolute atomic E-state index is 0.0346. The van der Waals surface area contributed by atoms with Crippen LogP contribution in [0.4, 0.5) is 8.78 Å². The molecule has 2 aromatic carbocycles. The average Bonchev–Trinajstić information content (AvgIpc) is 2.37. The van der Waals surface area contributed by atoms with E-state index in [0.29, 0.717) is 4.47 Å². The van der Waals surface area contributed by atoms with Gasteiger partial charge in [0.15, 0.2) is 5.84 Å². The summed E-state index contributed by atoms with van der Waals surface area (Å²) < 4.78 is 32.1. The number of hydrogen-bond acceptors (Lipinski definition) is 3. The van der Waals surface area contributed by atoms with Gasteiger partial charge in [-0.2, -0.15) is 0 Å². The molecule has 0 aromatic heterocycles. The summed E-state index contributed by atoms with van der Waals surface area (Å²) in [6, 6.07) is 7.62. The zero-order chi connectivity index (χ0) is 14.7. The lowest BCUT2D eigenvalue weighted by molar-refractivity contribution is 0.318. The molecule has 2 aromatic rings. The molecule has 0 heterocycles. The third kappa shape index (κ3) is 3.05. The summed E-state index contributed by atoms with van der Waals surface area (Å²) in [6.07, 6.45) is 0. The van der Waals surface area contributed by atoms with Gasteiger partial charge in [0.05, 0.1) is 5.56 Å². The number of ether oxygens (including phenoxy) is 1. The normalized spacial score (nSPS) is 11.4. The van der Waals surface area contributed by atoms with Crippen molar-refractivity contribution in [1.82, 2.24) is 0 Å². The minimum Gasteiger partial charge on any atom is -0.456 e. The van der Waals surface area contributed by atoms with Crippen molar-refractivity contribution in [2.45, 2.75) is 0 Å². The van der Waals surface area contributed by atoms with Crippen LogP contribution in [0.25, 0.3) is 0 Å². The molecule has 4 nitrogen and oxygen atoms in total. The van der Waals surface area contributed by atoms with Gasteiger partial charge in [-0.3, -0.25) is 0 Å². The predicted molar refractivity (Wildman–Crippen MR) is 73.1 cm³/mol. The summed E-state index contributed by atoms with van der Waals surface area (Å²) in [5, 5.41) is 11.7. The lowest BCUT2D eigenvalue weighted by Crippen LogP contribution is -2.15. The molecular formula is C13H9BrF2N2O2. The summed E-state index contributed by atoms with van der Waals surface area (Å²) in [7, 11) is 0. The molecule has 2 rings (SSSR count). The van der Waals surface area contributed by atoms with Gasteiger partial charge >= 0.3 is 0 Å². The molecule has 0 fully saturated rings. The topological polar surface area (TPSA) is 67.8 Å². The highest BCUT2D eigenvalue weighted by Crippen LogP contribution is 2.31. The Hall–Kier alpha value is -2.15. The van der Waals surface area contributed by atoms with E-state index in [0.717, 1.165) is 18.2 Å². The first-order valence-corrected chi connectivity index (χ1v) is 6.21. The highest BCUT2D eigenvalue weighted by molar-refractivity contribution is 9.10. The van der Waals surface area contributed by atoms with E-state index >= 15 is 0 Å². The number of benzene rings is 2. The first-order chi connectivity index (χ1) is 9.51. The van der Waals surface area contributed by atoms with Gasteiger partial charge in [-0.05, 0) is 28.1 Å². The van der Waals surface area contributed by atoms with Gasteiger partial charge in [0.1, 0.15) is 23.1 Å². The monoisotopic (exact) mass is 342 g/mol. The second-order valence-electron chi connectivity index (χ2n) is 3.81. The van der Waals surface area contributed by atoms with Crippen molar-refractivity contribution in [1.29, 1.82) is 0 Å². The predicted octanol–water partition coefficient (Wildman–Crippen LogP) is 3.61. The highest BCUT2D eigenvalue weighted by Gasteiger charge is 2.14. The summed E-state index contributed by atoms with van der Waals surface area (Å²) in [5.74, 6) is -1.56. The SMILES string of the molecule is N/C(=N/O)c1c(Br)cccc1Oc1cc(F)cc(F)c1. The number of oxime groups is 1. The fourth-order valence-electron chi connectivity index (χ4n) is 1.60. The van der Waals surface area contributed by atoms with Crippen molar-refractivity contribution in [3.63, 3.8) is 0 Å². The molecule has 0 saturated heterocycles. The van der Waals surface area contributed by atoms with Crippen molar-refractivity contribution in [3.05, 3.63) is 58.1 Å². The van der Waals surface area contributed by atoms with E-state index < -0.39 is 11.6 Å². The fourth-order valence-corrected chi connectivity index (χ4v) is 2.15. The Morgan fingerprint density at radius 2 is 1.85 bits per heavy atom. The molecule has 0 spiro atoms. The molecule has 0 aliphatic carbocycles. The van der Waals surface area contributed by atoms with E-state index in [9.17, 15) is 8.78 Å². The molecule has 104 valence electrons. The van der Waals surface area contributed by atoms with Crippen LogP contribution < -0.4 is 10.5 Å². The minimum atomic E-state index is -0.764. The molecule has 0 aliphatic heterocycles. The summed E-state index contributed by atoms with van der Waals surface area (Å²) in [5.41, 5.74) is 5.83. The molecule has 0 aliphatic rings. The van der Waals surface area contributed by atoms with E-state index in [-0.39, 0.29) is 22.9 Å². The van der Waals surface area contributed by atoms with E-state index in [1.807, 2.05) is 0 Å². The van der Waals surface area contributed by atoms with E-state index in [4.69, 9.17) is 15.7 Å². The number of hydrogen-bond donors (Lipinski definition) is 2. The molecule has 20 heavy (non-hydrogen) atoms. The second kappa shape index (κ2) is 5.87. The van der Waals surface area contributed by atoms with Gasteiger partial charge in [-0.15, -0.1) is 0 Å². The van der Waals surface area contributed by atoms with Crippen LogP contribution in [0.15, 0.2) is 46.0 Å². The van der Waals surface area contributed by atoms with Gasteiger partial charge < -0.3 is 15.7 Å². The second-order valence-corrected chi connectivity index (χ2v) is 4.66. The van der Waals surface area contributed by atoms with Gasteiger partial charge in [0, 0.05) is 22.7 Å². The van der Waals surface area contributed by atoms with Crippen LogP contribution in [0.2, 0.25) is 0 Å². The molecule has 0 unspecified atom stereocenters. The van der Waals surface area contributed by atoms with E-state index in [1.165, 1.54) is 6.07 Å². The maximum absolute atomic E-state index is 13.1. The van der Waals surface area contributed by atoms with Crippen LogP contribution in [0.1, 0.15) is 5.56 Å². The fraction of sp³-hybridized carbons (Fsp3) is 0. The summed E-state index contributed by atoms with van der Waals surface area (Å²) in [6.45, 7) is 0. The van der Waals surface area contributed by atoms with Crippen LogP contribution in [0, 0.1) is 11.6 Å². The first kappa shape index (κ1) is 14.3. The Labute approximate surface area is 121 Å². The molecule has 0 saturated carbocycles. The molecule has 0 atom stereocenters. The Morgan fingerprint density at radius 3 is 2.45 bits per heavy atom. The molecule has 0 radical (unpaired) electrons. The molecule has 3 N–H and O–H groups in total. The zero-order valence-electron chi connectivity index (χ0n) is 9.98. The summed E-state index contributed by atoms with van der Waals surface area (Å²) >= 11 is 3.23. The third-order valence-corrected chi connectivity index (χ3v) is 3.06. The van der Waals surface area contributed by atoms with Gasteiger partial charge in [0.2, 0.25) is 0 Å². The molecule has 0 amide bonds. The van der Waals surface area contributed by atoms with Crippen molar-refractivity contribution >= 4 is 21.8 Å². The smallest absolute Gasteiger partial charge is 0.175 e. The van der Waals surface area contributed by atoms with Gasteiger partial charge in [-0.25, -0.2) is 8.78 Å². The third-order valence-electron chi connectivity index (χ3n) is 2.40. The van der Waals surface area contributed by atoms with Crippen molar-refractivity contribution < 1.29 is 18.7 Å². The first-order valence-electron chi connectivity index (χ1n) is 5.41. The maximum Gasteiger partial charge on any atom is 0.175 e. The molecule has 0 bridgehead atoms. The van der Waals surface area contributed by atoms with Gasteiger partial charge in [-0.1, -0.05) is 11.2 Å². The van der Waals surface area contributed by atoms with Crippen LogP contribution in [0.3, 0.4) is 0 Å². The highest BCUT2D eigenvalue weighted by atomic mass is 79.9. The Balaban J connectivity index is 2.46. The average molecular weight is 343 g/mol. The standard InChI is InChI=1S/C13H9BrF2N2O2/c14-10-2-1-3-11(12(10)13(17)18-19)20-9-5-7(15)4-8(16)6-9/h1-6,19H,(H2,17,18). The molecule has 7 heteroatoms.